The van der Waals surface area contributed by atoms with Gasteiger partial charge in [-0.15, -0.1) is 0 Å². The average Bonchev–Trinajstić information content (AvgIpc) is 2.55. The molecule has 0 aromatic heterocycles. The minimum Gasteiger partial charge on any atom is -0.493 e. The highest BCUT2D eigenvalue weighted by molar-refractivity contribution is 6.62. The van der Waals surface area contributed by atoms with Crippen LogP contribution in [0.15, 0.2) is 18.2 Å². The molecule has 1 saturated heterocycles. The van der Waals surface area contributed by atoms with Crippen molar-refractivity contribution in [1.29, 1.82) is 0 Å². The molecule has 0 amide bonds. The van der Waals surface area contributed by atoms with Gasteiger partial charge >= 0.3 is 7.12 Å². The Labute approximate surface area is 126 Å². The van der Waals surface area contributed by atoms with Crippen LogP contribution >= 0.6 is 0 Å². The summed E-state index contributed by atoms with van der Waals surface area (Å²) in [6.45, 7) is 12.5. The summed E-state index contributed by atoms with van der Waals surface area (Å²) >= 11 is 0. The molecule has 0 saturated carbocycles. The lowest BCUT2D eigenvalue weighted by molar-refractivity contribution is 0.00578. The van der Waals surface area contributed by atoms with E-state index >= 15 is 0 Å². The molecule has 116 valence electrons. The summed E-state index contributed by atoms with van der Waals surface area (Å²) < 4.78 is 31.3. The van der Waals surface area contributed by atoms with E-state index in [0.29, 0.717) is 23.7 Å². The molecular weight excluding hydrogens is 270 g/mol. The number of hydrogen-bond donors (Lipinski definition) is 0. The van der Waals surface area contributed by atoms with Gasteiger partial charge in [0.05, 0.1) is 17.8 Å². The van der Waals surface area contributed by atoms with Gasteiger partial charge in [-0.2, -0.15) is 0 Å². The fourth-order valence-corrected chi connectivity index (χ4v) is 2.05. The number of rotatable bonds is 4. The smallest absolute Gasteiger partial charge is 0.493 e. The van der Waals surface area contributed by atoms with Crippen molar-refractivity contribution in [2.24, 2.45) is 5.92 Å². The van der Waals surface area contributed by atoms with Crippen molar-refractivity contribution in [2.45, 2.75) is 52.7 Å². The Hall–Kier alpha value is -1.07. The number of benzene rings is 1. The minimum atomic E-state index is -0.577. The van der Waals surface area contributed by atoms with Crippen LogP contribution in [0.1, 0.15) is 41.5 Å². The largest absolute Gasteiger partial charge is 0.495 e. The van der Waals surface area contributed by atoms with Crippen molar-refractivity contribution < 1.29 is 18.4 Å². The van der Waals surface area contributed by atoms with E-state index < -0.39 is 18.3 Å². The van der Waals surface area contributed by atoms with Crippen LogP contribution in [0.3, 0.4) is 0 Å². The molecule has 2 rings (SSSR count). The van der Waals surface area contributed by atoms with E-state index in [1.807, 2.05) is 27.7 Å². The van der Waals surface area contributed by atoms with Gasteiger partial charge in [0.1, 0.15) is 11.6 Å². The van der Waals surface area contributed by atoms with Crippen LogP contribution in [0.25, 0.3) is 0 Å². The number of hydrogen-bond acceptors (Lipinski definition) is 3. The average molecular weight is 294 g/mol. The predicted molar refractivity (Wildman–Crippen MR) is 82.4 cm³/mol. The van der Waals surface area contributed by atoms with E-state index in [1.165, 1.54) is 12.1 Å². The molecule has 0 aliphatic carbocycles. The Balaban J connectivity index is 2.21. The van der Waals surface area contributed by atoms with E-state index in [1.54, 1.807) is 6.07 Å². The lowest BCUT2D eigenvalue weighted by Gasteiger charge is -2.32. The summed E-state index contributed by atoms with van der Waals surface area (Å²) in [5.74, 6) is 0.544. The van der Waals surface area contributed by atoms with Gasteiger partial charge in [-0.1, -0.05) is 13.8 Å². The third-order valence-electron chi connectivity index (χ3n) is 4.00. The van der Waals surface area contributed by atoms with Gasteiger partial charge in [-0.3, -0.25) is 0 Å². The Kier molecular flexibility index (Phi) is 4.36. The summed E-state index contributed by atoms with van der Waals surface area (Å²) in [5, 5.41) is 0. The Morgan fingerprint density at radius 1 is 1.10 bits per heavy atom. The van der Waals surface area contributed by atoms with Crippen LogP contribution < -0.4 is 10.2 Å². The van der Waals surface area contributed by atoms with Gasteiger partial charge < -0.3 is 14.0 Å². The zero-order valence-corrected chi connectivity index (χ0v) is 13.7. The van der Waals surface area contributed by atoms with Crippen LogP contribution in [0.2, 0.25) is 0 Å². The lowest BCUT2D eigenvalue weighted by atomic mass is 9.79. The lowest BCUT2D eigenvalue weighted by Crippen LogP contribution is -2.41. The summed E-state index contributed by atoms with van der Waals surface area (Å²) in [5.41, 5.74) is -0.237. The fraction of sp³-hybridized carbons (Fsp3) is 0.625. The maximum absolute atomic E-state index is 13.8. The van der Waals surface area contributed by atoms with Gasteiger partial charge in [-0.25, -0.2) is 4.39 Å². The van der Waals surface area contributed by atoms with E-state index in [0.717, 1.165) is 0 Å². The zero-order valence-electron chi connectivity index (χ0n) is 13.7. The highest BCUT2D eigenvalue weighted by Gasteiger charge is 2.51. The monoisotopic (exact) mass is 294 g/mol. The van der Waals surface area contributed by atoms with Gasteiger partial charge in [0.2, 0.25) is 0 Å². The first-order chi connectivity index (χ1) is 9.60. The van der Waals surface area contributed by atoms with Crippen molar-refractivity contribution in [2.75, 3.05) is 6.61 Å². The van der Waals surface area contributed by atoms with Crippen molar-refractivity contribution in [1.82, 2.24) is 0 Å². The quantitative estimate of drug-likeness (QED) is 0.798. The van der Waals surface area contributed by atoms with Crippen molar-refractivity contribution in [3.63, 3.8) is 0 Å². The van der Waals surface area contributed by atoms with Crippen molar-refractivity contribution in [3.05, 3.63) is 24.0 Å². The molecule has 1 heterocycles. The minimum absolute atomic E-state index is 0.346. The van der Waals surface area contributed by atoms with Crippen molar-refractivity contribution in [3.8, 4) is 5.75 Å². The standard InChI is InChI=1S/C16H24BFO3/c1-11(2)10-19-14-8-12(7-13(18)9-14)17-20-15(3,4)16(5,6)21-17/h7-9,11H,10H2,1-6H3. The van der Waals surface area contributed by atoms with Gasteiger partial charge in [-0.05, 0) is 51.2 Å². The Morgan fingerprint density at radius 2 is 1.67 bits per heavy atom. The second-order valence-electron chi connectivity index (χ2n) is 7.01. The molecule has 1 aromatic carbocycles. The third-order valence-corrected chi connectivity index (χ3v) is 4.00. The molecule has 0 unspecified atom stereocenters. The fourth-order valence-electron chi connectivity index (χ4n) is 2.05. The van der Waals surface area contributed by atoms with Crippen molar-refractivity contribution >= 4 is 12.6 Å². The predicted octanol–water partition coefficient (Wildman–Crippen LogP) is 3.16. The zero-order chi connectivity index (χ0) is 15.8. The molecule has 1 aliphatic heterocycles. The van der Waals surface area contributed by atoms with Crippen LogP contribution in [-0.2, 0) is 9.31 Å². The molecule has 0 N–H and O–H groups in total. The maximum atomic E-state index is 13.8. The van der Waals surface area contributed by atoms with E-state index in [-0.39, 0.29) is 5.82 Å². The molecule has 3 nitrogen and oxygen atoms in total. The summed E-state index contributed by atoms with van der Waals surface area (Å²) in [7, 11) is -0.577. The first-order valence-corrected chi connectivity index (χ1v) is 7.40. The molecule has 1 fully saturated rings. The number of halogens is 1. The normalized spacial score (nSPS) is 20.1. The molecule has 5 heteroatoms. The van der Waals surface area contributed by atoms with Crippen LogP contribution in [0.4, 0.5) is 4.39 Å². The van der Waals surface area contributed by atoms with Crippen LogP contribution in [0.5, 0.6) is 5.75 Å². The summed E-state index contributed by atoms with van der Waals surface area (Å²) in [6.07, 6.45) is 0. The van der Waals surface area contributed by atoms with Crippen LogP contribution in [0, 0.1) is 11.7 Å². The summed E-state index contributed by atoms with van der Waals surface area (Å²) in [6, 6.07) is 4.61. The van der Waals surface area contributed by atoms with Gasteiger partial charge in [0, 0.05) is 6.07 Å². The second kappa shape index (κ2) is 5.62. The molecule has 0 bridgehead atoms. The first-order valence-electron chi connectivity index (χ1n) is 7.40. The molecule has 1 aromatic rings. The molecular formula is C16H24BFO3. The van der Waals surface area contributed by atoms with Gasteiger partial charge in [0.25, 0.3) is 0 Å². The molecule has 0 radical (unpaired) electrons. The van der Waals surface area contributed by atoms with E-state index in [9.17, 15) is 4.39 Å². The molecule has 0 atom stereocenters. The Bertz CT molecular complexity index is 498. The van der Waals surface area contributed by atoms with Gasteiger partial charge in [0.15, 0.2) is 0 Å². The SMILES string of the molecule is CC(C)COc1cc(F)cc(B2OC(C)(C)C(C)(C)O2)c1. The number of ether oxygens (including phenoxy) is 1. The van der Waals surface area contributed by atoms with E-state index in [4.69, 9.17) is 14.0 Å². The highest BCUT2D eigenvalue weighted by atomic mass is 19.1. The second-order valence-corrected chi connectivity index (χ2v) is 7.01. The molecule has 0 spiro atoms. The van der Waals surface area contributed by atoms with E-state index in [2.05, 4.69) is 13.8 Å². The summed E-state index contributed by atoms with van der Waals surface area (Å²) in [4.78, 5) is 0. The Morgan fingerprint density at radius 3 is 2.19 bits per heavy atom. The maximum Gasteiger partial charge on any atom is 0.495 e. The topological polar surface area (TPSA) is 27.7 Å². The molecule has 1 aliphatic rings. The first kappa shape index (κ1) is 16.3. The third kappa shape index (κ3) is 3.58. The van der Waals surface area contributed by atoms with Crippen LogP contribution in [-0.4, -0.2) is 24.9 Å². The highest BCUT2D eigenvalue weighted by Crippen LogP contribution is 2.36. The molecule has 21 heavy (non-hydrogen) atoms.